The lowest BCUT2D eigenvalue weighted by Crippen LogP contribution is -2.47. The van der Waals surface area contributed by atoms with Crippen molar-refractivity contribution in [2.24, 2.45) is 5.92 Å². The first-order valence-corrected chi connectivity index (χ1v) is 7.55. The van der Waals surface area contributed by atoms with Gasteiger partial charge in [-0.25, -0.2) is 0 Å². The standard InChI is InChI=1S/C14H25F3N2/c1-2-18-12-3-5-13(6-4-12)19-9-7-11(8-10-19)14(15,16)17/h11-13,18H,2-10H2,1H3. The molecule has 19 heavy (non-hydrogen) atoms. The van der Waals surface area contributed by atoms with Crippen molar-refractivity contribution >= 4 is 0 Å². The molecule has 1 aliphatic heterocycles. The highest BCUT2D eigenvalue weighted by Gasteiger charge is 2.42. The number of piperidine rings is 1. The minimum atomic E-state index is -3.99. The third kappa shape index (κ3) is 4.09. The molecule has 5 heteroatoms. The van der Waals surface area contributed by atoms with E-state index in [-0.39, 0.29) is 12.8 Å². The Balaban J connectivity index is 1.74. The summed E-state index contributed by atoms with van der Waals surface area (Å²) in [5.41, 5.74) is 0. The van der Waals surface area contributed by atoms with Crippen LogP contribution in [0.1, 0.15) is 45.4 Å². The van der Waals surface area contributed by atoms with Gasteiger partial charge in [0.25, 0.3) is 0 Å². The van der Waals surface area contributed by atoms with Gasteiger partial charge in [-0.15, -0.1) is 0 Å². The maximum absolute atomic E-state index is 12.6. The number of hydrogen-bond acceptors (Lipinski definition) is 2. The monoisotopic (exact) mass is 278 g/mol. The summed E-state index contributed by atoms with van der Waals surface area (Å²) in [7, 11) is 0. The third-order valence-corrected chi connectivity index (χ3v) is 4.70. The van der Waals surface area contributed by atoms with Crippen LogP contribution in [-0.2, 0) is 0 Å². The number of likely N-dealkylation sites (tertiary alicyclic amines) is 1. The Hall–Kier alpha value is -0.290. The van der Waals surface area contributed by atoms with Gasteiger partial charge in [-0.1, -0.05) is 6.92 Å². The number of nitrogens with zero attached hydrogens (tertiary/aromatic N) is 1. The first-order chi connectivity index (χ1) is 9.00. The maximum Gasteiger partial charge on any atom is 0.391 e. The Morgan fingerprint density at radius 2 is 1.58 bits per heavy atom. The minimum Gasteiger partial charge on any atom is -0.314 e. The molecule has 0 radical (unpaired) electrons. The van der Waals surface area contributed by atoms with Crippen molar-refractivity contribution in [1.82, 2.24) is 10.2 Å². The van der Waals surface area contributed by atoms with Crippen molar-refractivity contribution in [2.75, 3.05) is 19.6 Å². The van der Waals surface area contributed by atoms with Gasteiger partial charge >= 0.3 is 6.18 Å². The SMILES string of the molecule is CCNC1CCC(N2CCC(C(F)(F)F)CC2)CC1. The van der Waals surface area contributed by atoms with E-state index in [4.69, 9.17) is 0 Å². The van der Waals surface area contributed by atoms with Crippen molar-refractivity contribution in [3.8, 4) is 0 Å². The summed E-state index contributed by atoms with van der Waals surface area (Å²) >= 11 is 0. The van der Waals surface area contributed by atoms with E-state index in [1.165, 1.54) is 0 Å². The van der Waals surface area contributed by atoms with E-state index in [0.29, 0.717) is 25.2 Å². The van der Waals surface area contributed by atoms with Gasteiger partial charge in [-0.05, 0) is 58.2 Å². The van der Waals surface area contributed by atoms with Crippen molar-refractivity contribution in [1.29, 1.82) is 0 Å². The van der Waals surface area contributed by atoms with Crippen LogP contribution in [0.3, 0.4) is 0 Å². The van der Waals surface area contributed by atoms with Gasteiger partial charge in [0.15, 0.2) is 0 Å². The second-order valence-corrected chi connectivity index (χ2v) is 5.91. The van der Waals surface area contributed by atoms with Crippen LogP contribution >= 0.6 is 0 Å². The molecule has 1 aliphatic carbocycles. The molecule has 0 aromatic rings. The van der Waals surface area contributed by atoms with Crippen LogP contribution in [0.25, 0.3) is 0 Å². The van der Waals surface area contributed by atoms with Gasteiger partial charge in [0.1, 0.15) is 0 Å². The van der Waals surface area contributed by atoms with E-state index >= 15 is 0 Å². The van der Waals surface area contributed by atoms with Gasteiger partial charge in [0.2, 0.25) is 0 Å². The average Bonchev–Trinajstić information content (AvgIpc) is 2.39. The first-order valence-electron chi connectivity index (χ1n) is 7.55. The van der Waals surface area contributed by atoms with Crippen molar-refractivity contribution in [3.05, 3.63) is 0 Å². The predicted molar refractivity (Wildman–Crippen MR) is 70.1 cm³/mol. The van der Waals surface area contributed by atoms with Crippen LogP contribution in [0.15, 0.2) is 0 Å². The Morgan fingerprint density at radius 1 is 1.00 bits per heavy atom. The summed E-state index contributed by atoms with van der Waals surface area (Å²) in [5.74, 6) is -1.07. The quantitative estimate of drug-likeness (QED) is 0.853. The van der Waals surface area contributed by atoms with Gasteiger partial charge in [0, 0.05) is 12.1 Å². The number of nitrogens with one attached hydrogen (secondary N) is 1. The smallest absolute Gasteiger partial charge is 0.314 e. The Kier molecular flexibility index (Phi) is 5.12. The van der Waals surface area contributed by atoms with Crippen LogP contribution in [0.5, 0.6) is 0 Å². The fraction of sp³-hybridized carbons (Fsp3) is 1.00. The maximum atomic E-state index is 12.6. The molecule has 0 unspecified atom stereocenters. The molecule has 1 saturated carbocycles. The summed E-state index contributed by atoms with van der Waals surface area (Å²) in [5, 5.41) is 3.47. The molecule has 2 aliphatic rings. The highest BCUT2D eigenvalue weighted by atomic mass is 19.4. The number of halogens is 3. The molecular formula is C14H25F3N2. The van der Waals surface area contributed by atoms with Crippen molar-refractivity contribution in [3.63, 3.8) is 0 Å². The van der Waals surface area contributed by atoms with E-state index in [9.17, 15) is 13.2 Å². The fourth-order valence-corrected chi connectivity index (χ4v) is 3.53. The van der Waals surface area contributed by atoms with Crippen molar-refractivity contribution < 1.29 is 13.2 Å². The van der Waals surface area contributed by atoms with E-state index in [0.717, 1.165) is 32.2 Å². The fourth-order valence-electron chi connectivity index (χ4n) is 3.53. The van der Waals surface area contributed by atoms with Gasteiger partial charge in [0.05, 0.1) is 5.92 Å². The molecular weight excluding hydrogens is 253 g/mol. The molecule has 0 spiro atoms. The average molecular weight is 278 g/mol. The Morgan fingerprint density at radius 3 is 2.05 bits per heavy atom. The summed E-state index contributed by atoms with van der Waals surface area (Å²) < 4.78 is 37.9. The summed E-state index contributed by atoms with van der Waals surface area (Å²) in [6.45, 7) is 4.38. The molecule has 0 amide bonds. The molecule has 1 N–H and O–H groups in total. The van der Waals surface area contributed by atoms with Crippen LogP contribution in [-0.4, -0.2) is 42.8 Å². The van der Waals surface area contributed by atoms with Crippen molar-refractivity contribution in [2.45, 2.75) is 63.7 Å². The molecule has 2 rings (SSSR count). The lowest BCUT2D eigenvalue weighted by atomic mass is 9.87. The van der Waals surface area contributed by atoms with Gasteiger partial charge < -0.3 is 10.2 Å². The molecule has 2 nitrogen and oxygen atoms in total. The molecule has 112 valence electrons. The zero-order valence-electron chi connectivity index (χ0n) is 11.7. The lowest BCUT2D eigenvalue weighted by molar-refractivity contribution is -0.186. The van der Waals surface area contributed by atoms with Gasteiger partial charge in [-0.3, -0.25) is 0 Å². The van der Waals surface area contributed by atoms with E-state index in [2.05, 4.69) is 17.1 Å². The van der Waals surface area contributed by atoms with Crippen LogP contribution in [0, 0.1) is 5.92 Å². The van der Waals surface area contributed by atoms with Crippen LogP contribution in [0.4, 0.5) is 13.2 Å². The summed E-state index contributed by atoms with van der Waals surface area (Å²) in [4.78, 5) is 2.30. The zero-order valence-corrected chi connectivity index (χ0v) is 11.7. The number of hydrogen-bond donors (Lipinski definition) is 1. The molecule has 0 bridgehead atoms. The Labute approximate surface area is 113 Å². The molecule has 0 atom stereocenters. The predicted octanol–water partition coefficient (Wildman–Crippen LogP) is 3.18. The summed E-state index contributed by atoms with van der Waals surface area (Å²) in [6.07, 6.45) is 1.18. The minimum absolute atomic E-state index is 0.288. The molecule has 2 fully saturated rings. The third-order valence-electron chi connectivity index (χ3n) is 4.70. The molecule has 0 aromatic carbocycles. The summed E-state index contributed by atoms with van der Waals surface area (Å²) in [6, 6.07) is 1.14. The Bertz CT molecular complexity index is 264. The van der Waals surface area contributed by atoms with E-state index in [1.807, 2.05) is 0 Å². The number of rotatable bonds is 3. The highest BCUT2D eigenvalue weighted by molar-refractivity contribution is 4.86. The number of alkyl halides is 3. The lowest BCUT2D eigenvalue weighted by Gasteiger charge is -2.41. The molecule has 0 aromatic heterocycles. The zero-order chi connectivity index (χ0) is 13.9. The second-order valence-electron chi connectivity index (χ2n) is 5.91. The topological polar surface area (TPSA) is 15.3 Å². The molecule has 1 heterocycles. The first kappa shape index (κ1) is 15.1. The van der Waals surface area contributed by atoms with Crippen LogP contribution in [0.2, 0.25) is 0 Å². The van der Waals surface area contributed by atoms with Crippen LogP contribution < -0.4 is 5.32 Å². The largest absolute Gasteiger partial charge is 0.391 e. The normalized spacial score (nSPS) is 31.6. The van der Waals surface area contributed by atoms with E-state index < -0.39 is 12.1 Å². The highest BCUT2D eigenvalue weighted by Crippen LogP contribution is 2.36. The van der Waals surface area contributed by atoms with Gasteiger partial charge in [-0.2, -0.15) is 13.2 Å². The molecule has 1 saturated heterocycles. The second kappa shape index (κ2) is 6.44. The van der Waals surface area contributed by atoms with E-state index in [1.54, 1.807) is 0 Å².